The van der Waals surface area contributed by atoms with Crippen LogP contribution >= 0.6 is 0 Å². The van der Waals surface area contributed by atoms with Gasteiger partial charge in [-0.2, -0.15) is 0 Å². The van der Waals surface area contributed by atoms with E-state index in [1.165, 1.54) is 12.8 Å². The molecule has 0 radical (unpaired) electrons. The lowest BCUT2D eigenvalue weighted by Crippen LogP contribution is -2.07. The van der Waals surface area contributed by atoms with Crippen LogP contribution in [0.3, 0.4) is 0 Å². The van der Waals surface area contributed by atoms with Gasteiger partial charge in [-0.05, 0) is 44.7 Å². The summed E-state index contributed by atoms with van der Waals surface area (Å²) in [6.45, 7) is 3.99. The van der Waals surface area contributed by atoms with Gasteiger partial charge in [0.2, 0.25) is 0 Å². The number of carbonyl (C=O) groups is 1. The number of ketones is 1. The van der Waals surface area contributed by atoms with Crippen molar-refractivity contribution in [3.05, 3.63) is 30.0 Å². The summed E-state index contributed by atoms with van der Waals surface area (Å²) in [5.74, 6) is 1.64. The zero-order valence-electron chi connectivity index (χ0n) is 11.4. The van der Waals surface area contributed by atoms with Crippen LogP contribution in [0.1, 0.15) is 43.5 Å². The normalized spacial score (nSPS) is 15.1. The van der Waals surface area contributed by atoms with Crippen molar-refractivity contribution < 1.29 is 9.53 Å². The second kappa shape index (κ2) is 4.72. The standard InChI is InChI=1S/C16H19NO2/c1-10(2)19-15-5-3-4-13-16(15)12(9-17-13)14(18)8-11-6-7-11/h3-5,9-11,17H,6-8H2,1-2H3. The molecule has 1 N–H and O–H groups in total. The number of benzene rings is 1. The Morgan fingerprint density at radius 1 is 1.42 bits per heavy atom. The first-order chi connectivity index (χ1) is 9.15. The Labute approximate surface area is 113 Å². The minimum absolute atomic E-state index is 0.104. The van der Waals surface area contributed by atoms with Crippen molar-refractivity contribution in [3.8, 4) is 5.75 Å². The number of hydrogen-bond donors (Lipinski definition) is 1. The van der Waals surface area contributed by atoms with E-state index in [0.717, 1.165) is 22.2 Å². The lowest BCUT2D eigenvalue weighted by molar-refractivity contribution is 0.0977. The lowest BCUT2D eigenvalue weighted by Gasteiger charge is -2.11. The Hall–Kier alpha value is -1.77. The molecule has 19 heavy (non-hydrogen) atoms. The third-order valence-corrected chi connectivity index (χ3v) is 3.50. The van der Waals surface area contributed by atoms with E-state index in [2.05, 4.69) is 4.98 Å². The van der Waals surface area contributed by atoms with Gasteiger partial charge in [0.25, 0.3) is 0 Å². The number of aromatic nitrogens is 1. The molecule has 3 rings (SSSR count). The van der Waals surface area contributed by atoms with Crippen LogP contribution < -0.4 is 4.74 Å². The van der Waals surface area contributed by atoms with Gasteiger partial charge in [-0.3, -0.25) is 4.79 Å². The smallest absolute Gasteiger partial charge is 0.165 e. The molecule has 1 fully saturated rings. The first kappa shape index (κ1) is 12.3. The van der Waals surface area contributed by atoms with Crippen molar-refractivity contribution in [2.45, 2.75) is 39.2 Å². The molecule has 1 aromatic heterocycles. The van der Waals surface area contributed by atoms with Crippen LogP contribution in [0.15, 0.2) is 24.4 Å². The summed E-state index contributed by atoms with van der Waals surface area (Å²) in [6.07, 6.45) is 4.99. The minimum atomic E-state index is 0.104. The van der Waals surface area contributed by atoms with Gasteiger partial charge in [-0.25, -0.2) is 0 Å². The van der Waals surface area contributed by atoms with Crippen LogP contribution in [0.5, 0.6) is 5.75 Å². The maximum atomic E-state index is 12.3. The van der Waals surface area contributed by atoms with E-state index in [1.807, 2.05) is 38.2 Å². The number of ether oxygens (including phenoxy) is 1. The van der Waals surface area contributed by atoms with Gasteiger partial charge in [-0.1, -0.05) is 6.07 Å². The van der Waals surface area contributed by atoms with Crippen molar-refractivity contribution in [2.75, 3.05) is 0 Å². The first-order valence-electron chi connectivity index (χ1n) is 6.95. The van der Waals surface area contributed by atoms with E-state index in [1.54, 1.807) is 0 Å². The Kier molecular flexibility index (Phi) is 3.05. The van der Waals surface area contributed by atoms with Gasteiger partial charge in [-0.15, -0.1) is 0 Å². The molecule has 0 atom stereocenters. The number of hydrogen-bond acceptors (Lipinski definition) is 2. The zero-order valence-corrected chi connectivity index (χ0v) is 11.4. The van der Waals surface area contributed by atoms with Gasteiger partial charge in [0.05, 0.1) is 11.5 Å². The summed E-state index contributed by atoms with van der Waals surface area (Å²) in [5, 5.41) is 0.932. The molecular formula is C16H19NO2. The maximum absolute atomic E-state index is 12.3. The number of aromatic amines is 1. The molecule has 0 bridgehead atoms. The molecular weight excluding hydrogens is 238 g/mol. The van der Waals surface area contributed by atoms with E-state index < -0.39 is 0 Å². The fraction of sp³-hybridized carbons (Fsp3) is 0.438. The average Bonchev–Trinajstić information content (AvgIpc) is 3.05. The van der Waals surface area contributed by atoms with Gasteiger partial charge in [0, 0.05) is 23.7 Å². The van der Waals surface area contributed by atoms with Crippen molar-refractivity contribution in [1.82, 2.24) is 4.98 Å². The van der Waals surface area contributed by atoms with Gasteiger partial charge < -0.3 is 9.72 Å². The van der Waals surface area contributed by atoms with Crippen LogP contribution in [0.2, 0.25) is 0 Å². The number of rotatable bonds is 5. The number of H-pyrrole nitrogens is 1. The number of Topliss-reactive ketones (excluding diaryl/α,β-unsaturated/α-hetero) is 1. The average molecular weight is 257 g/mol. The molecule has 1 saturated carbocycles. The maximum Gasteiger partial charge on any atom is 0.165 e. The van der Waals surface area contributed by atoms with Gasteiger partial charge in [0.1, 0.15) is 5.75 Å². The third-order valence-electron chi connectivity index (χ3n) is 3.50. The molecule has 100 valence electrons. The zero-order chi connectivity index (χ0) is 13.4. The number of carbonyl (C=O) groups excluding carboxylic acids is 1. The summed E-state index contributed by atoms with van der Waals surface area (Å²) >= 11 is 0. The summed E-state index contributed by atoms with van der Waals surface area (Å²) in [5.41, 5.74) is 1.75. The number of fused-ring (bicyclic) bond motifs is 1. The van der Waals surface area contributed by atoms with E-state index in [0.29, 0.717) is 12.3 Å². The molecule has 3 nitrogen and oxygen atoms in total. The molecule has 0 unspecified atom stereocenters. The molecule has 0 amide bonds. The molecule has 0 spiro atoms. The van der Waals surface area contributed by atoms with Crippen molar-refractivity contribution >= 4 is 16.7 Å². The van der Waals surface area contributed by atoms with Crippen molar-refractivity contribution in [1.29, 1.82) is 0 Å². The van der Waals surface area contributed by atoms with E-state index in [4.69, 9.17) is 4.74 Å². The summed E-state index contributed by atoms with van der Waals surface area (Å²) in [6, 6.07) is 5.87. The fourth-order valence-corrected chi connectivity index (χ4v) is 2.42. The molecule has 1 aliphatic carbocycles. The van der Waals surface area contributed by atoms with Crippen molar-refractivity contribution in [3.63, 3.8) is 0 Å². The Balaban J connectivity index is 2.01. The molecule has 1 aliphatic rings. The van der Waals surface area contributed by atoms with Crippen LogP contribution in [0.4, 0.5) is 0 Å². The quantitative estimate of drug-likeness (QED) is 0.824. The van der Waals surface area contributed by atoms with Crippen LogP contribution in [-0.4, -0.2) is 16.9 Å². The first-order valence-corrected chi connectivity index (χ1v) is 6.95. The monoisotopic (exact) mass is 257 g/mol. The highest BCUT2D eigenvalue weighted by atomic mass is 16.5. The van der Waals surface area contributed by atoms with Crippen LogP contribution in [0, 0.1) is 5.92 Å². The van der Waals surface area contributed by atoms with Gasteiger partial charge in [0.15, 0.2) is 5.78 Å². The highest BCUT2D eigenvalue weighted by Gasteiger charge is 2.26. The molecule has 0 saturated heterocycles. The van der Waals surface area contributed by atoms with Crippen LogP contribution in [0.25, 0.3) is 10.9 Å². The lowest BCUT2D eigenvalue weighted by atomic mass is 10.0. The summed E-state index contributed by atoms with van der Waals surface area (Å²) in [4.78, 5) is 15.5. The molecule has 1 heterocycles. The van der Waals surface area contributed by atoms with E-state index in [-0.39, 0.29) is 11.9 Å². The fourth-order valence-electron chi connectivity index (χ4n) is 2.42. The summed E-state index contributed by atoms with van der Waals surface area (Å²) < 4.78 is 5.83. The molecule has 1 aromatic carbocycles. The second-order valence-corrected chi connectivity index (χ2v) is 5.62. The minimum Gasteiger partial charge on any atom is -0.490 e. The second-order valence-electron chi connectivity index (χ2n) is 5.62. The summed E-state index contributed by atoms with van der Waals surface area (Å²) in [7, 11) is 0. The molecule has 3 heteroatoms. The SMILES string of the molecule is CC(C)Oc1cccc2[nH]cc(C(=O)CC3CC3)c12. The highest BCUT2D eigenvalue weighted by molar-refractivity contribution is 6.10. The predicted molar refractivity (Wildman–Crippen MR) is 75.7 cm³/mol. The Morgan fingerprint density at radius 2 is 2.21 bits per heavy atom. The Bertz CT molecular complexity index is 608. The van der Waals surface area contributed by atoms with E-state index in [9.17, 15) is 4.79 Å². The topological polar surface area (TPSA) is 42.1 Å². The van der Waals surface area contributed by atoms with Crippen LogP contribution in [-0.2, 0) is 0 Å². The highest BCUT2D eigenvalue weighted by Crippen LogP contribution is 2.36. The van der Waals surface area contributed by atoms with Crippen molar-refractivity contribution in [2.24, 2.45) is 5.92 Å². The molecule has 2 aromatic rings. The third kappa shape index (κ3) is 2.50. The molecule has 0 aliphatic heterocycles. The number of nitrogens with one attached hydrogen (secondary N) is 1. The van der Waals surface area contributed by atoms with E-state index >= 15 is 0 Å². The largest absolute Gasteiger partial charge is 0.490 e. The predicted octanol–water partition coefficient (Wildman–Crippen LogP) is 3.94. The Morgan fingerprint density at radius 3 is 2.89 bits per heavy atom. The van der Waals surface area contributed by atoms with Gasteiger partial charge >= 0.3 is 0 Å².